The number of carbonyl (C=O) groups is 1. The number of carbonyl (C=O) groups excluding carboxylic acids is 1. The Morgan fingerprint density at radius 3 is 2.36 bits per heavy atom. The van der Waals surface area contributed by atoms with Crippen LogP contribution in [-0.4, -0.2) is 39.7 Å². The van der Waals surface area contributed by atoms with Crippen LogP contribution in [0.4, 0.5) is 0 Å². The zero-order chi connectivity index (χ0) is 25.5. The number of methoxy groups -OCH3 is 1. The molecule has 0 atom stereocenters. The van der Waals surface area contributed by atoms with Gasteiger partial charge in [0.25, 0.3) is 5.91 Å². The van der Waals surface area contributed by atoms with Gasteiger partial charge in [-0.15, -0.1) is 10.2 Å². The van der Waals surface area contributed by atoms with E-state index in [1.54, 1.807) is 13.3 Å². The normalized spacial score (nSPS) is 11.2. The molecule has 1 amide bonds. The van der Waals surface area contributed by atoms with Crippen molar-refractivity contribution in [2.24, 2.45) is 5.10 Å². The smallest absolute Gasteiger partial charge is 0.250 e. The minimum Gasteiger partial charge on any atom is -0.497 e. The Morgan fingerprint density at radius 1 is 1.03 bits per heavy atom. The second-order valence-electron chi connectivity index (χ2n) is 8.61. The van der Waals surface area contributed by atoms with Gasteiger partial charge in [-0.1, -0.05) is 79.7 Å². The lowest BCUT2D eigenvalue weighted by atomic mass is 10.0. The van der Waals surface area contributed by atoms with Crippen LogP contribution in [0, 0.1) is 6.92 Å². The Bertz CT molecular complexity index is 1330. The fraction of sp³-hybridized carbons (Fsp3) is 0.214. The predicted octanol–water partition coefficient (Wildman–Crippen LogP) is 5.62. The molecule has 0 fully saturated rings. The highest BCUT2D eigenvalue weighted by Gasteiger charge is 2.17. The Morgan fingerprint density at radius 2 is 1.72 bits per heavy atom. The van der Waals surface area contributed by atoms with Gasteiger partial charge in [0.05, 0.1) is 19.1 Å². The van der Waals surface area contributed by atoms with Crippen LogP contribution in [0.3, 0.4) is 0 Å². The van der Waals surface area contributed by atoms with Crippen molar-refractivity contribution in [3.8, 4) is 22.8 Å². The third-order valence-corrected chi connectivity index (χ3v) is 6.54. The summed E-state index contributed by atoms with van der Waals surface area (Å²) >= 11 is 1.30. The fourth-order valence-corrected chi connectivity index (χ4v) is 4.27. The number of nitrogens with zero attached hydrogens (tertiary/aromatic N) is 4. The number of thioether (sulfide) groups is 1. The average Bonchev–Trinajstić information content (AvgIpc) is 3.32. The molecule has 0 aliphatic carbocycles. The number of ether oxygens (including phenoxy) is 1. The van der Waals surface area contributed by atoms with Crippen molar-refractivity contribution in [3.05, 3.63) is 89.5 Å². The van der Waals surface area contributed by atoms with Crippen molar-refractivity contribution in [2.45, 2.75) is 31.8 Å². The summed E-state index contributed by atoms with van der Waals surface area (Å²) in [6.07, 6.45) is 1.64. The number of aryl methyl sites for hydroxylation is 1. The number of hydrogen-bond donors (Lipinski definition) is 1. The Labute approximate surface area is 215 Å². The van der Waals surface area contributed by atoms with E-state index in [4.69, 9.17) is 4.74 Å². The standard InChI is InChI=1S/C28H29N5O2S/c1-19(2)22-11-7-21(8-12-22)17-29-30-26(34)18-36-28-32-31-27(23-9-5-20(3)6-10-23)33(28)24-13-15-25(35-4)16-14-24/h5-17,19H,18H2,1-4H3,(H,30,34)/b29-17+. The van der Waals surface area contributed by atoms with Gasteiger partial charge in [-0.2, -0.15) is 5.10 Å². The van der Waals surface area contributed by atoms with Crippen molar-refractivity contribution in [1.29, 1.82) is 0 Å². The quantitative estimate of drug-likeness (QED) is 0.184. The number of benzene rings is 3. The van der Waals surface area contributed by atoms with E-state index in [0.717, 1.165) is 28.1 Å². The molecule has 7 nitrogen and oxygen atoms in total. The molecule has 4 rings (SSSR count). The van der Waals surface area contributed by atoms with E-state index in [1.165, 1.54) is 17.3 Å². The number of rotatable bonds is 9. The molecule has 0 unspecified atom stereocenters. The summed E-state index contributed by atoms with van der Waals surface area (Å²) in [5, 5.41) is 13.5. The molecule has 1 heterocycles. The third kappa shape index (κ3) is 6.20. The number of nitrogens with one attached hydrogen (secondary N) is 1. The third-order valence-electron chi connectivity index (χ3n) is 5.61. The Balaban J connectivity index is 1.48. The predicted molar refractivity (Wildman–Crippen MR) is 145 cm³/mol. The molecule has 0 saturated heterocycles. The van der Waals surface area contributed by atoms with E-state index in [1.807, 2.05) is 72.2 Å². The molecule has 0 radical (unpaired) electrons. The first-order valence-corrected chi connectivity index (χ1v) is 12.6. The second kappa shape index (κ2) is 11.7. The molecule has 0 aliphatic rings. The molecule has 1 N–H and O–H groups in total. The van der Waals surface area contributed by atoms with Gasteiger partial charge in [-0.05, 0) is 48.2 Å². The summed E-state index contributed by atoms with van der Waals surface area (Å²) in [4.78, 5) is 12.5. The highest BCUT2D eigenvalue weighted by molar-refractivity contribution is 7.99. The number of aromatic nitrogens is 3. The zero-order valence-electron chi connectivity index (χ0n) is 20.8. The van der Waals surface area contributed by atoms with Crippen LogP contribution in [0.15, 0.2) is 83.1 Å². The van der Waals surface area contributed by atoms with E-state index in [-0.39, 0.29) is 11.7 Å². The number of amides is 1. The summed E-state index contributed by atoms with van der Waals surface area (Å²) in [6, 6.07) is 23.9. The first-order valence-electron chi connectivity index (χ1n) is 11.7. The van der Waals surface area contributed by atoms with Crippen molar-refractivity contribution < 1.29 is 9.53 Å². The molecule has 8 heteroatoms. The summed E-state index contributed by atoms with van der Waals surface area (Å²) < 4.78 is 7.24. The molecular weight excluding hydrogens is 470 g/mol. The van der Waals surface area contributed by atoms with Crippen LogP contribution in [0.25, 0.3) is 17.1 Å². The molecule has 0 bridgehead atoms. The van der Waals surface area contributed by atoms with Crippen LogP contribution >= 0.6 is 11.8 Å². The van der Waals surface area contributed by atoms with E-state index in [9.17, 15) is 4.79 Å². The van der Waals surface area contributed by atoms with Crippen LogP contribution in [-0.2, 0) is 4.79 Å². The first-order chi connectivity index (χ1) is 17.4. The SMILES string of the molecule is COc1ccc(-n2c(SCC(=O)N/N=C/c3ccc(C(C)C)cc3)nnc2-c2ccc(C)cc2)cc1. The van der Waals surface area contributed by atoms with E-state index >= 15 is 0 Å². The lowest BCUT2D eigenvalue weighted by Crippen LogP contribution is -2.20. The van der Waals surface area contributed by atoms with Gasteiger partial charge >= 0.3 is 0 Å². The maximum atomic E-state index is 12.5. The maximum Gasteiger partial charge on any atom is 0.250 e. The van der Waals surface area contributed by atoms with E-state index in [2.05, 4.69) is 46.7 Å². The molecule has 4 aromatic rings. The minimum atomic E-state index is -0.226. The van der Waals surface area contributed by atoms with Crippen molar-refractivity contribution >= 4 is 23.9 Å². The summed E-state index contributed by atoms with van der Waals surface area (Å²) in [5.74, 6) is 1.85. The molecule has 0 aliphatic heterocycles. The molecule has 0 spiro atoms. The Hall–Kier alpha value is -3.91. The van der Waals surface area contributed by atoms with Gasteiger partial charge in [-0.3, -0.25) is 9.36 Å². The number of hydrazone groups is 1. The van der Waals surface area contributed by atoms with E-state index in [0.29, 0.717) is 16.9 Å². The molecule has 184 valence electrons. The van der Waals surface area contributed by atoms with Crippen molar-refractivity contribution in [2.75, 3.05) is 12.9 Å². The molecule has 1 aromatic heterocycles. The van der Waals surface area contributed by atoms with Gasteiger partial charge < -0.3 is 4.74 Å². The molecule has 36 heavy (non-hydrogen) atoms. The van der Waals surface area contributed by atoms with Crippen LogP contribution in [0.5, 0.6) is 5.75 Å². The highest BCUT2D eigenvalue weighted by atomic mass is 32.2. The summed E-state index contributed by atoms with van der Waals surface area (Å²) in [7, 11) is 1.63. The topological polar surface area (TPSA) is 81.4 Å². The average molecular weight is 500 g/mol. The van der Waals surface area contributed by atoms with Crippen molar-refractivity contribution in [3.63, 3.8) is 0 Å². The summed E-state index contributed by atoms with van der Waals surface area (Å²) in [6.45, 7) is 6.35. The largest absolute Gasteiger partial charge is 0.497 e. The lowest BCUT2D eigenvalue weighted by Gasteiger charge is -2.11. The van der Waals surface area contributed by atoms with Gasteiger partial charge in [0.15, 0.2) is 11.0 Å². The monoisotopic (exact) mass is 499 g/mol. The number of hydrogen-bond acceptors (Lipinski definition) is 6. The van der Waals surface area contributed by atoms with Crippen LogP contribution in [0.2, 0.25) is 0 Å². The van der Waals surface area contributed by atoms with Crippen LogP contribution < -0.4 is 10.2 Å². The highest BCUT2D eigenvalue weighted by Crippen LogP contribution is 2.29. The van der Waals surface area contributed by atoms with Crippen molar-refractivity contribution in [1.82, 2.24) is 20.2 Å². The fourth-order valence-electron chi connectivity index (χ4n) is 3.53. The second-order valence-corrected chi connectivity index (χ2v) is 9.55. The Kier molecular flexibility index (Phi) is 8.17. The molecule has 3 aromatic carbocycles. The molecule has 0 saturated carbocycles. The van der Waals surface area contributed by atoms with Gasteiger partial charge in [0.2, 0.25) is 0 Å². The minimum absolute atomic E-state index is 0.145. The van der Waals surface area contributed by atoms with Crippen LogP contribution in [0.1, 0.15) is 36.5 Å². The van der Waals surface area contributed by atoms with Gasteiger partial charge in [0, 0.05) is 11.3 Å². The van der Waals surface area contributed by atoms with Gasteiger partial charge in [0.1, 0.15) is 5.75 Å². The lowest BCUT2D eigenvalue weighted by molar-refractivity contribution is -0.118. The summed E-state index contributed by atoms with van der Waals surface area (Å²) in [5.41, 5.74) is 7.76. The van der Waals surface area contributed by atoms with E-state index < -0.39 is 0 Å². The van der Waals surface area contributed by atoms with Gasteiger partial charge in [-0.25, -0.2) is 5.43 Å². The first kappa shape index (κ1) is 25.2. The molecular formula is C28H29N5O2S. The zero-order valence-corrected chi connectivity index (χ0v) is 21.6. The maximum absolute atomic E-state index is 12.5.